The number of aromatic nitrogens is 1. The third-order valence-corrected chi connectivity index (χ3v) is 4.94. The summed E-state index contributed by atoms with van der Waals surface area (Å²) in [5.74, 6) is 0.710. The number of nitrogens with one attached hydrogen (secondary N) is 2. The molecule has 2 rings (SSSR count). The number of aryl methyl sites for hydroxylation is 1. The van der Waals surface area contributed by atoms with Gasteiger partial charge in [0.25, 0.3) is 5.56 Å². The number of pyridine rings is 1. The van der Waals surface area contributed by atoms with Gasteiger partial charge < -0.3 is 15.2 Å². The smallest absolute Gasteiger partial charge is 0.250 e. The molecular formula is C20H26Cl2N4O. The SMILES string of the molecule is CN=C(NCCCCn1c(C)cccc1=O)NC(C)c1ccc(Cl)cc1Cl. The monoisotopic (exact) mass is 408 g/mol. The normalized spacial score (nSPS) is 12.7. The van der Waals surface area contributed by atoms with Crippen molar-refractivity contribution in [1.82, 2.24) is 15.2 Å². The van der Waals surface area contributed by atoms with Gasteiger partial charge in [0.1, 0.15) is 0 Å². The number of guanidine groups is 1. The van der Waals surface area contributed by atoms with E-state index >= 15 is 0 Å². The summed E-state index contributed by atoms with van der Waals surface area (Å²) in [7, 11) is 1.73. The Labute approximate surface area is 170 Å². The van der Waals surface area contributed by atoms with Gasteiger partial charge in [0.05, 0.1) is 6.04 Å². The van der Waals surface area contributed by atoms with Gasteiger partial charge in [-0.1, -0.05) is 35.3 Å². The van der Waals surface area contributed by atoms with Crippen LogP contribution in [-0.4, -0.2) is 24.1 Å². The third-order valence-electron chi connectivity index (χ3n) is 4.37. The molecule has 0 saturated heterocycles. The minimum absolute atomic E-state index is 0.00786. The van der Waals surface area contributed by atoms with Gasteiger partial charge in [0, 0.05) is 41.9 Å². The van der Waals surface area contributed by atoms with E-state index in [9.17, 15) is 4.79 Å². The minimum Gasteiger partial charge on any atom is -0.356 e. The van der Waals surface area contributed by atoms with Crippen molar-refractivity contribution in [2.45, 2.75) is 39.3 Å². The second kappa shape index (κ2) is 10.4. The Morgan fingerprint density at radius 3 is 2.67 bits per heavy atom. The summed E-state index contributed by atoms with van der Waals surface area (Å²) >= 11 is 12.2. The van der Waals surface area contributed by atoms with Crippen LogP contribution in [0.4, 0.5) is 0 Å². The van der Waals surface area contributed by atoms with Crippen molar-refractivity contribution in [3.05, 3.63) is 68.1 Å². The van der Waals surface area contributed by atoms with Crippen molar-refractivity contribution in [3.8, 4) is 0 Å². The zero-order valence-corrected chi connectivity index (χ0v) is 17.4. The number of benzene rings is 1. The van der Waals surface area contributed by atoms with Crippen molar-refractivity contribution in [1.29, 1.82) is 0 Å². The summed E-state index contributed by atoms with van der Waals surface area (Å²) in [6, 6.07) is 10.8. The Morgan fingerprint density at radius 1 is 1.22 bits per heavy atom. The van der Waals surface area contributed by atoms with Gasteiger partial charge in [0.15, 0.2) is 5.96 Å². The van der Waals surface area contributed by atoms with E-state index in [-0.39, 0.29) is 11.6 Å². The highest BCUT2D eigenvalue weighted by atomic mass is 35.5. The van der Waals surface area contributed by atoms with Crippen molar-refractivity contribution in [2.75, 3.05) is 13.6 Å². The topological polar surface area (TPSA) is 58.4 Å². The number of unbranched alkanes of at least 4 members (excludes halogenated alkanes) is 1. The maximum atomic E-state index is 11.9. The van der Waals surface area contributed by atoms with Crippen molar-refractivity contribution in [3.63, 3.8) is 0 Å². The van der Waals surface area contributed by atoms with Gasteiger partial charge in [-0.15, -0.1) is 0 Å². The van der Waals surface area contributed by atoms with Gasteiger partial charge in [-0.3, -0.25) is 9.79 Å². The third kappa shape index (κ3) is 6.29. The van der Waals surface area contributed by atoms with Crippen LogP contribution in [0.1, 0.15) is 37.1 Å². The Balaban J connectivity index is 1.79. The first kappa shape index (κ1) is 21.3. The molecule has 1 atom stereocenters. The van der Waals surface area contributed by atoms with E-state index in [1.807, 2.05) is 32.0 Å². The second-order valence-electron chi connectivity index (χ2n) is 6.39. The lowest BCUT2D eigenvalue weighted by Crippen LogP contribution is -2.39. The van der Waals surface area contributed by atoms with Gasteiger partial charge >= 0.3 is 0 Å². The van der Waals surface area contributed by atoms with Gasteiger partial charge in [-0.05, 0) is 50.5 Å². The molecule has 0 amide bonds. The molecule has 5 nitrogen and oxygen atoms in total. The fourth-order valence-electron chi connectivity index (χ4n) is 2.84. The molecule has 27 heavy (non-hydrogen) atoms. The van der Waals surface area contributed by atoms with Crippen LogP contribution in [0.2, 0.25) is 10.0 Å². The predicted octanol–water partition coefficient (Wildman–Crippen LogP) is 4.17. The Hall–Kier alpha value is -1.98. The first-order valence-electron chi connectivity index (χ1n) is 9.01. The Kier molecular flexibility index (Phi) is 8.20. The zero-order valence-electron chi connectivity index (χ0n) is 15.9. The number of hydrogen-bond donors (Lipinski definition) is 2. The average molecular weight is 409 g/mol. The fraction of sp³-hybridized carbons (Fsp3) is 0.400. The summed E-state index contributed by atoms with van der Waals surface area (Å²) in [5, 5.41) is 7.87. The van der Waals surface area contributed by atoms with Crippen LogP contribution in [0, 0.1) is 6.92 Å². The maximum Gasteiger partial charge on any atom is 0.250 e. The molecule has 2 aromatic rings. The average Bonchev–Trinajstić information content (AvgIpc) is 2.62. The van der Waals surface area contributed by atoms with E-state index < -0.39 is 0 Å². The molecule has 0 fully saturated rings. The van der Waals surface area contributed by atoms with Crippen LogP contribution in [0.5, 0.6) is 0 Å². The van der Waals surface area contributed by atoms with Gasteiger partial charge in [-0.25, -0.2) is 0 Å². The van der Waals surface area contributed by atoms with Gasteiger partial charge in [0.2, 0.25) is 0 Å². The van der Waals surface area contributed by atoms with E-state index in [1.165, 1.54) is 0 Å². The molecule has 146 valence electrons. The Morgan fingerprint density at radius 2 is 2.00 bits per heavy atom. The van der Waals surface area contributed by atoms with Crippen LogP contribution in [-0.2, 0) is 6.54 Å². The van der Waals surface area contributed by atoms with E-state index in [4.69, 9.17) is 23.2 Å². The van der Waals surface area contributed by atoms with Crippen molar-refractivity contribution in [2.24, 2.45) is 4.99 Å². The molecule has 1 unspecified atom stereocenters. The molecule has 1 heterocycles. The van der Waals surface area contributed by atoms with E-state index in [1.54, 1.807) is 29.8 Å². The molecule has 1 aromatic carbocycles. The van der Waals surface area contributed by atoms with Crippen LogP contribution in [0.25, 0.3) is 0 Å². The molecule has 0 radical (unpaired) electrons. The molecule has 0 aliphatic rings. The second-order valence-corrected chi connectivity index (χ2v) is 7.24. The van der Waals surface area contributed by atoms with E-state index in [2.05, 4.69) is 15.6 Å². The molecule has 7 heteroatoms. The first-order valence-corrected chi connectivity index (χ1v) is 9.76. The fourth-order valence-corrected chi connectivity index (χ4v) is 3.41. The highest BCUT2D eigenvalue weighted by Crippen LogP contribution is 2.25. The summed E-state index contributed by atoms with van der Waals surface area (Å²) in [5.41, 5.74) is 2.00. The predicted molar refractivity (Wildman–Crippen MR) is 114 cm³/mol. The highest BCUT2D eigenvalue weighted by molar-refractivity contribution is 6.35. The lowest BCUT2D eigenvalue weighted by atomic mass is 10.1. The summed E-state index contributed by atoms with van der Waals surface area (Å²) in [6.45, 7) is 5.46. The molecule has 2 N–H and O–H groups in total. The molecule has 0 spiro atoms. The first-order chi connectivity index (χ1) is 12.9. The van der Waals surface area contributed by atoms with Crippen LogP contribution in [0.15, 0.2) is 46.2 Å². The van der Waals surface area contributed by atoms with Crippen LogP contribution >= 0.6 is 23.2 Å². The number of rotatable bonds is 7. The number of aliphatic imine (C=N–C) groups is 1. The molecule has 0 saturated carbocycles. The minimum atomic E-state index is -0.00786. The van der Waals surface area contributed by atoms with Crippen molar-refractivity contribution < 1.29 is 0 Å². The Bertz CT molecular complexity index is 848. The molecule has 0 bridgehead atoms. The summed E-state index contributed by atoms with van der Waals surface area (Å²) in [4.78, 5) is 16.1. The van der Waals surface area contributed by atoms with Crippen molar-refractivity contribution >= 4 is 29.2 Å². The number of halogens is 2. The summed E-state index contributed by atoms with van der Waals surface area (Å²) < 4.78 is 1.80. The number of nitrogens with zero attached hydrogens (tertiary/aromatic N) is 2. The molecule has 0 aliphatic carbocycles. The zero-order chi connectivity index (χ0) is 19.8. The lowest BCUT2D eigenvalue weighted by Gasteiger charge is -2.19. The molecule has 1 aromatic heterocycles. The van der Waals surface area contributed by atoms with Gasteiger partial charge in [-0.2, -0.15) is 0 Å². The molecular weight excluding hydrogens is 383 g/mol. The van der Waals surface area contributed by atoms with Crippen LogP contribution in [0.3, 0.4) is 0 Å². The standard InChI is InChI=1S/C20H26Cl2N4O/c1-14-7-6-8-19(27)26(14)12-5-4-11-24-20(23-3)25-15(2)17-10-9-16(21)13-18(17)22/h6-10,13,15H,4-5,11-12H2,1-3H3,(H2,23,24,25). The number of hydrogen-bond acceptors (Lipinski definition) is 2. The largest absolute Gasteiger partial charge is 0.356 e. The lowest BCUT2D eigenvalue weighted by molar-refractivity contribution is 0.572. The highest BCUT2D eigenvalue weighted by Gasteiger charge is 2.11. The summed E-state index contributed by atoms with van der Waals surface area (Å²) in [6.07, 6.45) is 1.84. The van der Waals surface area contributed by atoms with E-state index in [0.717, 1.165) is 37.2 Å². The van der Waals surface area contributed by atoms with E-state index in [0.29, 0.717) is 16.0 Å². The quantitative estimate of drug-likeness (QED) is 0.410. The maximum absolute atomic E-state index is 11.9. The molecule has 0 aliphatic heterocycles. The van der Waals surface area contributed by atoms with Crippen LogP contribution < -0.4 is 16.2 Å².